The maximum absolute atomic E-state index is 12.8. The van der Waals surface area contributed by atoms with Crippen molar-refractivity contribution in [1.29, 1.82) is 0 Å². The fraction of sp³-hybridized carbons (Fsp3) is 0.571. The zero-order chi connectivity index (χ0) is 11.0. The van der Waals surface area contributed by atoms with Crippen LogP contribution in [0, 0.1) is 11.7 Å². The minimum absolute atomic E-state index is 0.133. The van der Waals surface area contributed by atoms with Crippen LogP contribution in [0.25, 0.3) is 0 Å². The van der Waals surface area contributed by atoms with Gasteiger partial charge in [0.1, 0.15) is 5.82 Å². The van der Waals surface area contributed by atoms with E-state index in [0.717, 1.165) is 5.92 Å². The van der Waals surface area contributed by atoms with Crippen molar-refractivity contribution in [1.82, 2.24) is 5.32 Å². The number of nitrogens with one attached hydrogen (secondary N) is 1. The Labute approximate surface area is 96.1 Å². The first-order valence-corrected chi connectivity index (χ1v) is 6.30. The predicted molar refractivity (Wildman–Crippen MR) is 62.9 cm³/mol. The number of hydrogen-bond donors (Lipinski definition) is 1. The third kappa shape index (κ3) is 2.27. The molecule has 0 bridgehead atoms. The molecule has 1 aromatic rings. The van der Waals surface area contributed by atoms with Gasteiger partial charge in [-0.3, -0.25) is 0 Å². The van der Waals surface area contributed by atoms with Crippen LogP contribution in [0.15, 0.2) is 24.3 Å². The normalized spacial score (nSPS) is 28.8. The minimum atomic E-state index is -0.133. The smallest absolute Gasteiger partial charge is 0.123 e. The van der Waals surface area contributed by atoms with Crippen molar-refractivity contribution >= 4 is 0 Å². The van der Waals surface area contributed by atoms with E-state index < -0.39 is 0 Å². The molecule has 0 unspecified atom stereocenters. The minimum Gasteiger partial charge on any atom is -0.314 e. The van der Waals surface area contributed by atoms with Crippen LogP contribution in [0.2, 0.25) is 0 Å². The van der Waals surface area contributed by atoms with Gasteiger partial charge in [0, 0.05) is 6.04 Å². The summed E-state index contributed by atoms with van der Waals surface area (Å²) in [6.45, 7) is 1.21. The quantitative estimate of drug-likeness (QED) is 0.820. The second kappa shape index (κ2) is 4.17. The van der Waals surface area contributed by atoms with Crippen molar-refractivity contribution in [2.75, 3.05) is 6.54 Å². The molecule has 0 amide bonds. The number of rotatable bonds is 4. The van der Waals surface area contributed by atoms with Gasteiger partial charge in [0.2, 0.25) is 0 Å². The van der Waals surface area contributed by atoms with E-state index in [9.17, 15) is 4.39 Å². The van der Waals surface area contributed by atoms with Gasteiger partial charge in [-0.2, -0.15) is 0 Å². The van der Waals surface area contributed by atoms with Crippen LogP contribution in [0.3, 0.4) is 0 Å². The van der Waals surface area contributed by atoms with Crippen molar-refractivity contribution < 1.29 is 4.39 Å². The van der Waals surface area contributed by atoms with E-state index in [0.29, 0.717) is 12.0 Å². The molecule has 0 radical (unpaired) electrons. The van der Waals surface area contributed by atoms with Crippen molar-refractivity contribution in [3.05, 3.63) is 35.6 Å². The molecule has 86 valence electrons. The molecule has 0 atom stereocenters. The fourth-order valence-corrected chi connectivity index (χ4v) is 2.45. The highest BCUT2D eigenvalue weighted by molar-refractivity contribution is 5.23. The maximum Gasteiger partial charge on any atom is 0.123 e. The fourth-order valence-electron chi connectivity index (χ4n) is 2.45. The van der Waals surface area contributed by atoms with Crippen LogP contribution < -0.4 is 5.32 Å². The zero-order valence-electron chi connectivity index (χ0n) is 9.45. The van der Waals surface area contributed by atoms with E-state index in [4.69, 9.17) is 0 Å². The number of hydrogen-bond acceptors (Lipinski definition) is 1. The Morgan fingerprint density at radius 2 is 1.81 bits per heavy atom. The van der Waals surface area contributed by atoms with Gasteiger partial charge in [-0.05, 0) is 61.8 Å². The first-order chi connectivity index (χ1) is 7.81. The lowest BCUT2D eigenvalue weighted by molar-refractivity contribution is 0.288. The summed E-state index contributed by atoms with van der Waals surface area (Å²) in [5, 5.41) is 3.62. The highest BCUT2D eigenvalue weighted by Gasteiger charge is 2.31. The van der Waals surface area contributed by atoms with Crippen LogP contribution in [-0.2, 0) is 0 Å². The molecule has 0 aromatic heterocycles. The second-order valence-electron chi connectivity index (χ2n) is 5.27. The largest absolute Gasteiger partial charge is 0.314 e. The van der Waals surface area contributed by atoms with Crippen LogP contribution >= 0.6 is 0 Å². The molecule has 2 saturated carbocycles. The summed E-state index contributed by atoms with van der Waals surface area (Å²) in [6.07, 6.45) is 5.28. The molecule has 0 heterocycles. The van der Waals surface area contributed by atoms with Crippen molar-refractivity contribution in [3.63, 3.8) is 0 Å². The molecule has 2 aliphatic carbocycles. The van der Waals surface area contributed by atoms with Crippen LogP contribution in [0.4, 0.5) is 4.39 Å². The van der Waals surface area contributed by atoms with Crippen LogP contribution in [0.1, 0.15) is 37.2 Å². The van der Waals surface area contributed by atoms with E-state index in [1.54, 1.807) is 12.1 Å². The van der Waals surface area contributed by atoms with Crippen LogP contribution in [-0.4, -0.2) is 12.6 Å². The average Bonchev–Trinajstić information content (AvgIpc) is 3.02. The Morgan fingerprint density at radius 1 is 1.12 bits per heavy atom. The summed E-state index contributed by atoms with van der Waals surface area (Å²) in [4.78, 5) is 0. The van der Waals surface area contributed by atoms with Crippen molar-refractivity contribution in [2.45, 2.75) is 37.6 Å². The van der Waals surface area contributed by atoms with E-state index in [1.807, 2.05) is 12.1 Å². The second-order valence-corrected chi connectivity index (χ2v) is 5.27. The summed E-state index contributed by atoms with van der Waals surface area (Å²) >= 11 is 0. The van der Waals surface area contributed by atoms with Crippen molar-refractivity contribution in [2.24, 2.45) is 5.92 Å². The maximum atomic E-state index is 12.8. The Balaban J connectivity index is 1.46. The van der Waals surface area contributed by atoms with Crippen molar-refractivity contribution in [3.8, 4) is 0 Å². The molecule has 2 aliphatic rings. The highest BCUT2D eigenvalue weighted by atomic mass is 19.1. The summed E-state index contributed by atoms with van der Waals surface area (Å²) in [7, 11) is 0. The predicted octanol–water partition coefficient (Wildman–Crippen LogP) is 3.07. The standard InChI is InChI=1S/C14H18FN/c15-13-5-3-11(4-6-13)12-7-14(8-12)16-9-10-1-2-10/h3-6,10,12,14,16H,1-2,7-9H2. The molecule has 2 heteroatoms. The topological polar surface area (TPSA) is 12.0 Å². The lowest BCUT2D eigenvalue weighted by Crippen LogP contribution is -2.40. The number of halogens is 1. The molecule has 3 rings (SSSR count). The highest BCUT2D eigenvalue weighted by Crippen LogP contribution is 2.37. The Bertz CT molecular complexity index is 350. The number of benzene rings is 1. The van der Waals surface area contributed by atoms with Gasteiger partial charge >= 0.3 is 0 Å². The van der Waals surface area contributed by atoms with E-state index in [2.05, 4.69) is 5.32 Å². The molecule has 0 saturated heterocycles. The molecule has 0 spiro atoms. The third-order valence-electron chi connectivity index (χ3n) is 3.87. The molecular formula is C14H18FN. The first-order valence-electron chi connectivity index (χ1n) is 6.30. The third-order valence-corrected chi connectivity index (χ3v) is 3.87. The van der Waals surface area contributed by atoms with Crippen LogP contribution in [0.5, 0.6) is 0 Å². The van der Waals surface area contributed by atoms with Gasteiger partial charge < -0.3 is 5.32 Å². The Hall–Kier alpha value is -0.890. The summed E-state index contributed by atoms with van der Waals surface area (Å²) in [6, 6.07) is 7.70. The zero-order valence-corrected chi connectivity index (χ0v) is 9.45. The summed E-state index contributed by atoms with van der Waals surface area (Å²) < 4.78 is 12.8. The Kier molecular flexibility index (Phi) is 2.68. The summed E-state index contributed by atoms with van der Waals surface area (Å²) in [5.41, 5.74) is 1.30. The SMILES string of the molecule is Fc1ccc(C2CC(NCC3CC3)C2)cc1. The summed E-state index contributed by atoms with van der Waals surface area (Å²) in [5.74, 6) is 1.48. The molecule has 1 aromatic carbocycles. The van der Waals surface area contributed by atoms with E-state index in [-0.39, 0.29) is 5.82 Å². The monoisotopic (exact) mass is 219 g/mol. The molecular weight excluding hydrogens is 201 g/mol. The molecule has 0 aliphatic heterocycles. The average molecular weight is 219 g/mol. The molecule has 1 nitrogen and oxygen atoms in total. The van der Waals surface area contributed by atoms with Gasteiger partial charge in [-0.25, -0.2) is 4.39 Å². The lowest BCUT2D eigenvalue weighted by Gasteiger charge is -2.36. The van der Waals surface area contributed by atoms with Gasteiger partial charge in [0.25, 0.3) is 0 Å². The first kappa shape index (κ1) is 10.3. The van der Waals surface area contributed by atoms with E-state index in [1.165, 1.54) is 37.8 Å². The molecule has 2 fully saturated rings. The molecule has 16 heavy (non-hydrogen) atoms. The van der Waals surface area contributed by atoms with Gasteiger partial charge in [-0.15, -0.1) is 0 Å². The van der Waals surface area contributed by atoms with Gasteiger partial charge in [-0.1, -0.05) is 12.1 Å². The molecule has 1 N–H and O–H groups in total. The van der Waals surface area contributed by atoms with Gasteiger partial charge in [0.15, 0.2) is 0 Å². The van der Waals surface area contributed by atoms with Gasteiger partial charge in [0.05, 0.1) is 0 Å². The lowest BCUT2D eigenvalue weighted by atomic mass is 9.76. The Morgan fingerprint density at radius 3 is 2.44 bits per heavy atom. The van der Waals surface area contributed by atoms with E-state index >= 15 is 0 Å².